The quantitative estimate of drug-likeness (QED) is 0.410. The summed E-state index contributed by atoms with van der Waals surface area (Å²) in [6.45, 7) is -0.779. The number of nitrogens with zero attached hydrogens (tertiary/aromatic N) is 7. The van der Waals surface area contributed by atoms with Crippen LogP contribution in [0.4, 0.5) is 13.2 Å². The van der Waals surface area contributed by atoms with Gasteiger partial charge in [0.15, 0.2) is 0 Å². The van der Waals surface area contributed by atoms with E-state index in [9.17, 15) is 18.4 Å². The van der Waals surface area contributed by atoms with Crippen molar-refractivity contribution >= 4 is 10.9 Å². The van der Waals surface area contributed by atoms with Crippen LogP contribution in [-0.4, -0.2) is 55.4 Å². The van der Waals surface area contributed by atoms with E-state index in [1.165, 1.54) is 10.5 Å². The molecule has 0 N–H and O–H groups in total. The zero-order chi connectivity index (χ0) is 24.9. The predicted molar refractivity (Wildman–Crippen MR) is 127 cm³/mol. The summed E-state index contributed by atoms with van der Waals surface area (Å²) in [6, 6.07) is 11.8. The summed E-state index contributed by atoms with van der Waals surface area (Å²) in [5.41, 5.74) is 5.20. The van der Waals surface area contributed by atoms with E-state index < -0.39 is 18.3 Å². The molecule has 1 saturated heterocycles. The molecule has 182 valence electrons. The number of nitriles is 1. The number of pyridine rings is 3. The molecule has 4 aromatic heterocycles. The lowest BCUT2D eigenvalue weighted by atomic mass is 9.87. The Bertz CT molecular complexity index is 1500. The first-order chi connectivity index (χ1) is 17.3. The number of likely N-dealkylation sites (tertiary alicyclic amines) is 1. The third-order valence-electron chi connectivity index (χ3n) is 6.98. The zero-order valence-electron chi connectivity index (χ0n) is 19.3. The molecule has 4 aromatic rings. The Hall–Kier alpha value is -3.84. The van der Waals surface area contributed by atoms with Crippen molar-refractivity contribution in [3.8, 4) is 28.7 Å². The van der Waals surface area contributed by atoms with E-state index in [0.717, 1.165) is 47.1 Å². The minimum absolute atomic E-state index is 0.0685. The van der Waals surface area contributed by atoms with Gasteiger partial charge >= 0.3 is 6.18 Å². The van der Waals surface area contributed by atoms with Gasteiger partial charge in [0.1, 0.15) is 16.9 Å². The molecule has 6 rings (SSSR count). The molecule has 1 aliphatic carbocycles. The van der Waals surface area contributed by atoms with Gasteiger partial charge in [-0.25, -0.2) is 4.98 Å². The van der Waals surface area contributed by atoms with Gasteiger partial charge in [0.25, 0.3) is 0 Å². The van der Waals surface area contributed by atoms with Crippen molar-refractivity contribution in [3.63, 3.8) is 0 Å². The molecule has 2 aliphatic rings. The van der Waals surface area contributed by atoms with Crippen LogP contribution in [0.3, 0.4) is 0 Å². The molecule has 36 heavy (non-hydrogen) atoms. The minimum Gasteiger partial charge on any atom is -0.290 e. The Morgan fingerprint density at radius 3 is 2.75 bits per heavy atom. The zero-order valence-corrected chi connectivity index (χ0v) is 19.3. The standard InChI is InChI=1S/C26H22F3N7/c27-26(28,29)16-35-14-25(15-35,7-8-30)36-10-6-21(34-36)24-19-4-2-9-31-23(19)12-22(33-24)18-11-17-3-1-5-20(17)32-13-18/h2,4,6,9-13H,1,3,5,7,14-16H2. The summed E-state index contributed by atoms with van der Waals surface area (Å²) in [5.74, 6) is 0. The molecule has 7 nitrogen and oxygen atoms in total. The topological polar surface area (TPSA) is 83.5 Å². The van der Waals surface area contributed by atoms with E-state index in [0.29, 0.717) is 11.4 Å². The lowest BCUT2D eigenvalue weighted by Gasteiger charge is -2.49. The molecule has 1 aliphatic heterocycles. The van der Waals surface area contributed by atoms with Gasteiger partial charge in [0.2, 0.25) is 0 Å². The first kappa shape index (κ1) is 22.6. The predicted octanol–water partition coefficient (Wildman–Crippen LogP) is 4.53. The first-order valence-corrected chi connectivity index (χ1v) is 11.8. The summed E-state index contributed by atoms with van der Waals surface area (Å²) < 4.78 is 40.2. The molecule has 0 saturated carbocycles. The second kappa shape index (κ2) is 8.38. The van der Waals surface area contributed by atoms with E-state index in [-0.39, 0.29) is 19.5 Å². The Balaban J connectivity index is 1.38. The Morgan fingerprint density at radius 1 is 1.08 bits per heavy atom. The molecule has 10 heteroatoms. The van der Waals surface area contributed by atoms with Crippen LogP contribution in [0, 0.1) is 11.3 Å². The van der Waals surface area contributed by atoms with Crippen molar-refractivity contribution in [2.75, 3.05) is 19.6 Å². The first-order valence-electron chi connectivity index (χ1n) is 11.8. The molecule has 5 heterocycles. The number of fused-ring (bicyclic) bond motifs is 2. The van der Waals surface area contributed by atoms with Crippen LogP contribution in [0.15, 0.2) is 48.9 Å². The van der Waals surface area contributed by atoms with Crippen LogP contribution >= 0.6 is 0 Å². The van der Waals surface area contributed by atoms with E-state index in [2.05, 4.69) is 22.1 Å². The largest absolute Gasteiger partial charge is 0.401 e. The fraction of sp³-hybridized carbons (Fsp3) is 0.346. The molecule has 1 fully saturated rings. The van der Waals surface area contributed by atoms with Crippen molar-refractivity contribution in [2.45, 2.75) is 37.4 Å². The highest BCUT2D eigenvalue weighted by Crippen LogP contribution is 2.36. The maximum absolute atomic E-state index is 12.8. The van der Waals surface area contributed by atoms with Crippen LogP contribution in [-0.2, 0) is 18.4 Å². The molecule has 0 aromatic carbocycles. The van der Waals surface area contributed by atoms with Gasteiger partial charge in [-0.15, -0.1) is 0 Å². The van der Waals surface area contributed by atoms with Crippen LogP contribution in [0.25, 0.3) is 33.5 Å². The highest BCUT2D eigenvalue weighted by atomic mass is 19.4. The lowest BCUT2D eigenvalue weighted by Crippen LogP contribution is -2.64. The molecule has 0 spiro atoms. The Labute approximate surface area is 205 Å². The van der Waals surface area contributed by atoms with Gasteiger partial charge in [-0.1, -0.05) is 0 Å². The number of halogens is 3. The smallest absolute Gasteiger partial charge is 0.290 e. The maximum Gasteiger partial charge on any atom is 0.401 e. The molecule has 0 atom stereocenters. The van der Waals surface area contributed by atoms with Gasteiger partial charge in [-0.3, -0.25) is 19.5 Å². The molecular formula is C26H22F3N7. The van der Waals surface area contributed by atoms with E-state index in [1.54, 1.807) is 23.1 Å². The van der Waals surface area contributed by atoms with E-state index in [1.807, 2.05) is 24.4 Å². The molecule has 0 radical (unpaired) electrons. The van der Waals surface area contributed by atoms with Gasteiger partial charge in [0.05, 0.1) is 30.2 Å². The second-order valence-corrected chi connectivity index (χ2v) is 9.57. The van der Waals surface area contributed by atoms with E-state index in [4.69, 9.17) is 10.1 Å². The van der Waals surface area contributed by atoms with Gasteiger partial charge in [-0.2, -0.15) is 23.5 Å². The van der Waals surface area contributed by atoms with Crippen molar-refractivity contribution in [1.82, 2.24) is 29.6 Å². The van der Waals surface area contributed by atoms with Crippen molar-refractivity contribution in [3.05, 3.63) is 60.2 Å². The molecule has 0 amide bonds. The number of hydrogen-bond donors (Lipinski definition) is 0. The highest BCUT2D eigenvalue weighted by molar-refractivity contribution is 5.93. The fourth-order valence-corrected chi connectivity index (χ4v) is 5.34. The van der Waals surface area contributed by atoms with Gasteiger partial charge in [0, 0.05) is 48.3 Å². The maximum atomic E-state index is 12.8. The normalized spacial score (nSPS) is 17.1. The van der Waals surface area contributed by atoms with Crippen molar-refractivity contribution in [1.29, 1.82) is 5.26 Å². The third-order valence-corrected chi connectivity index (χ3v) is 6.98. The Morgan fingerprint density at radius 2 is 1.94 bits per heavy atom. The van der Waals surface area contributed by atoms with Gasteiger partial charge in [-0.05, 0) is 55.2 Å². The van der Waals surface area contributed by atoms with Crippen molar-refractivity contribution in [2.24, 2.45) is 0 Å². The summed E-state index contributed by atoms with van der Waals surface area (Å²) in [7, 11) is 0. The third kappa shape index (κ3) is 3.99. The number of hydrogen-bond acceptors (Lipinski definition) is 6. The highest BCUT2D eigenvalue weighted by Gasteiger charge is 2.48. The van der Waals surface area contributed by atoms with Crippen molar-refractivity contribution < 1.29 is 13.2 Å². The molecular weight excluding hydrogens is 467 g/mol. The van der Waals surface area contributed by atoms with Crippen LogP contribution in [0.5, 0.6) is 0 Å². The van der Waals surface area contributed by atoms with E-state index >= 15 is 0 Å². The Kier molecular flexibility index (Phi) is 5.26. The van der Waals surface area contributed by atoms with Crippen LogP contribution in [0.2, 0.25) is 0 Å². The lowest BCUT2D eigenvalue weighted by molar-refractivity contribution is -0.167. The average molecular weight is 490 g/mol. The van der Waals surface area contributed by atoms with Crippen LogP contribution < -0.4 is 0 Å². The molecule has 0 unspecified atom stereocenters. The minimum atomic E-state index is -4.28. The number of aromatic nitrogens is 5. The summed E-state index contributed by atoms with van der Waals surface area (Å²) in [6.07, 6.45) is 4.19. The summed E-state index contributed by atoms with van der Waals surface area (Å²) in [5, 5.41) is 14.9. The van der Waals surface area contributed by atoms with Gasteiger partial charge < -0.3 is 0 Å². The number of rotatable bonds is 5. The monoisotopic (exact) mass is 489 g/mol. The van der Waals surface area contributed by atoms with Crippen LogP contribution in [0.1, 0.15) is 24.1 Å². The molecule has 0 bridgehead atoms. The average Bonchev–Trinajstić information content (AvgIpc) is 3.50. The number of aryl methyl sites for hydroxylation is 2. The number of alkyl halides is 3. The SMILES string of the molecule is N#CCC1(n2ccc(-c3nc(-c4cnc5c(c4)CCC5)cc4ncccc34)n2)CN(CC(F)(F)F)C1. The summed E-state index contributed by atoms with van der Waals surface area (Å²) >= 11 is 0. The fourth-order valence-electron chi connectivity index (χ4n) is 5.34. The summed E-state index contributed by atoms with van der Waals surface area (Å²) in [4.78, 5) is 15.4. The second-order valence-electron chi connectivity index (χ2n) is 9.57.